The van der Waals surface area contributed by atoms with Crippen LogP contribution in [0.4, 0.5) is 4.79 Å². The Labute approximate surface area is 118 Å². The molecule has 7 heteroatoms. The van der Waals surface area contributed by atoms with Crippen LogP contribution in [0.1, 0.15) is 25.7 Å². The first-order valence-corrected chi connectivity index (χ1v) is 7.25. The number of carboxylic acid groups (broad SMARTS) is 1. The molecule has 114 valence electrons. The van der Waals surface area contributed by atoms with Crippen LogP contribution in [-0.4, -0.2) is 76.9 Å². The van der Waals surface area contributed by atoms with E-state index in [-0.39, 0.29) is 13.0 Å². The van der Waals surface area contributed by atoms with Crippen LogP contribution in [0.15, 0.2) is 0 Å². The quantitative estimate of drug-likeness (QED) is 0.603. The molecule has 2 heterocycles. The number of carbonyl (C=O) groups excluding carboxylic acids is 1. The number of aliphatic carboxylic acids is 1. The van der Waals surface area contributed by atoms with Gasteiger partial charge in [0.25, 0.3) is 0 Å². The van der Waals surface area contributed by atoms with Gasteiger partial charge in [0, 0.05) is 19.5 Å². The first-order valence-electron chi connectivity index (χ1n) is 7.25. The van der Waals surface area contributed by atoms with E-state index in [1.165, 1.54) is 17.7 Å². The van der Waals surface area contributed by atoms with Crippen molar-refractivity contribution in [3.8, 4) is 0 Å². The maximum absolute atomic E-state index is 11.9. The van der Waals surface area contributed by atoms with Gasteiger partial charge in [0.05, 0.1) is 6.10 Å². The Bertz CT molecular complexity index is 358. The van der Waals surface area contributed by atoms with E-state index < -0.39 is 24.1 Å². The second-order valence-corrected chi connectivity index (χ2v) is 5.53. The monoisotopic (exact) mass is 285 g/mol. The SMILES string of the molecule is O=C(O)[C@@H]1C[C@@H](O)CN1C(=O)NCCCN1CCCC1. The van der Waals surface area contributed by atoms with Crippen LogP contribution in [0.3, 0.4) is 0 Å². The second kappa shape index (κ2) is 6.90. The largest absolute Gasteiger partial charge is 0.480 e. The summed E-state index contributed by atoms with van der Waals surface area (Å²) < 4.78 is 0. The number of carbonyl (C=O) groups is 2. The van der Waals surface area contributed by atoms with Crippen molar-refractivity contribution in [3.05, 3.63) is 0 Å². The molecular formula is C13H23N3O4. The van der Waals surface area contributed by atoms with Gasteiger partial charge in [-0.15, -0.1) is 0 Å². The zero-order valence-electron chi connectivity index (χ0n) is 11.6. The van der Waals surface area contributed by atoms with E-state index in [0.717, 1.165) is 26.1 Å². The molecule has 3 N–H and O–H groups in total. The lowest BCUT2D eigenvalue weighted by atomic mass is 10.2. The number of β-amino-alcohol motifs (C(OH)–C–C–N with tert-alkyl or cyclic N) is 1. The number of nitrogens with one attached hydrogen (secondary N) is 1. The van der Waals surface area contributed by atoms with Crippen LogP contribution in [0.2, 0.25) is 0 Å². The van der Waals surface area contributed by atoms with E-state index in [1.807, 2.05) is 0 Å². The molecule has 2 atom stereocenters. The molecule has 20 heavy (non-hydrogen) atoms. The van der Waals surface area contributed by atoms with Crippen molar-refractivity contribution in [1.82, 2.24) is 15.1 Å². The van der Waals surface area contributed by atoms with Crippen LogP contribution in [-0.2, 0) is 4.79 Å². The Balaban J connectivity index is 1.69. The Hall–Kier alpha value is -1.34. The molecule has 0 aromatic rings. The van der Waals surface area contributed by atoms with Gasteiger partial charge in [0.1, 0.15) is 6.04 Å². The van der Waals surface area contributed by atoms with E-state index in [2.05, 4.69) is 10.2 Å². The summed E-state index contributed by atoms with van der Waals surface area (Å²) in [4.78, 5) is 26.5. The molecule has 0 bridgehead atoms. The van der Waals surface area contributed by atoms with Gasteiger partial charge in [-0.05, 0) is 38.9 Å². The maximum atomic E-state index is 11.9. The van der Waals surface area contributed by atoms with Crippen molar-refractivity contribution in [2.24, 2.45) is 0 Å². The first-order chi connectivity index (χ1) is 9.58. The Morgan fingerprint density at radius 2 is 1.95 bits per heavy atom. The van der Waals surface area contributed by atoms with Crippen molar-refractivity contribution in [2.75, 3.05) is 32.7 Å². The topological polar surface area (TPSA) is 93.1 Å². The van der Waals surface area contributed by atoms with Crippen molar-refractivity contribution in [2.45, 2.75) is 37.8 Å². The number of aliphatic hydroxyl groups is 1. The number of likely N-dealkylation sites (tertiary alicyclic amines) is 2. The maximum Gasteiger partial charge on any atom is 0.326 e. The van der Waals surface area contributed by atoms with Gasteiger partial charge in [0.15, 0.2) is 0 Å². The highest BCUT2D eigenvalue weighted by Crippen LogP contribution is 2.18. The van der Waals surface area contributed by atoms with Gasteiger partial charge < -0.3 is 25.3 Å². The number of hydrogen-bond acceptors (Lipinski definition) is 4. The lowest BCUT2D eigenvalue weighted by Gasteiger charge is -2.22. The number of amides is 2. The molecular weight excluding hydrogens is 262 g/mol. The third-order valence-corrected chi connectivity index (χ3v) is 3.95. The van der Waals surface area contributed by atoms with Crippen LogP contribution >= 0.6 is 0 Å². The van der Waals surface area contributed by atoms with Gasteiger partial charge in [-0.2, -0.15) is 0 Å². The minimum absolute atomic E-state index is 0.0922. The summed E-state index contributed by atoms with van der Waals surface area (Å²) in [5.41, 5.74) is 0. The van der Waals surface area contributed by atoms with Crippen molar-refractivity contribution < 1.29 is 19.8 Å². The molecule has 0 saturated carbocycles. The fraction of sp³-hybridized carbons (Fsp3) is 0.846. The fourth-order valence-electron chi connectivity index (χ4n) is 2.88. The van der Waals surface area contributed by atoms with E-state index in [1.54, 1.807) is 0 Å². The molecule has 2 aliphatic heterocycles. The lowest BCUT2D eigenvalue weighted by Crippen LogP contribution is -2.46. The normalized spacial score (nSPS) is 26.9. The summed E-state index contributed by atoms with van der Waals surface area (Å²) in [5.74, 6) is -1.06. The minimum Gasteiger partial charge on any atom is -0.480 e. The summed E-state index contributed by atoms with van der Waals surface area (Å²) >= 11 is 0. The third kappa shape index (κ3) is 3.83. The van der Waals surface area contributed by atoms with E-state index >= 15 is 0 Å². The average molecular weight is 285 g/mol. The van der Waals surface area contributed by atoms with Gasteiger partial charge in [-0.1, -0.05) is 0 Å². The van der Waals surface area contributed by atoms with E-state index in [4.69, 9.17) is 5.11 Å². The molecule has 0 aromatic carbocycles. The third-order valence-electron chi connectivity index (χ3n) is 3.95. The predicted octanol–water partition coefficient (Wildman–Crippen LogP) is -0.298. The standard InChI is InChI=1S/C13H23N3O4/c17-10-8-11(12(18)19)16(9-10)13(20)14-4-3-7-15-5-1-2-6-15/h10-11,17H,1-9H2,(H,14,20)(H,18,19)/t10-,11+/m1/s1. The predicted molar refractivity (Wildman–Crippen MR) is 72.4 cm³/mol. The van der Waals surface area contributed by atoms with Crippen molar-refractivity contribution in [3.63, 3.8) is 0 Å². The number of hydrogen-bond donors (Lipinski definition) is 3. The molecule has 0 unspecified atom stereocenters. The molecule has 0 radical (unpaired) electrons. The molecule has 0 spiro atoms. The zero-order valence-corrected chi connectivity index (χ0v) is 11.6. The average Bonchev–Trinajstić information content (AvgIpc) is 3.03. The first kappa shape index (κ1) is 15.1. The smallest absolute Gasteiger partial charge is 0.326 e. The summed E-state index contributed by atoms with van der Waals surface area (Å²) in [6.07, 6.45) is 2.72. The molecule has 0 aliphatic carbocycles. The van der Waals surface area contributed by atoms with Crippen molar-refractivity contribution in [1.29, 1.82) is 0 Å². The second-order valence-electron chi connectivity index (χ2n) is 5.53. The van der Waals surface area contributed by atoms with Crippen LogP contribution < -0.4 is 5.32 Å². The van der Waals surface area contributed by atoms with Gasteiger partial charge in [-0.3, -0.25) is 0 Å². The van der Waals surface area contributed by atoms with Crippen LogP contribution in [0, 0.1) is 0 Å². The molecule has 2 aliphatic rings. The van der Waals surface area contributed by atoms with Gasteiger partial charge >= 0.3 is 12.0 Å². The summed E-state index contributed by atoms with van der Waals surface area (Å²) in [5, 5.41) is 21.3. The Morgan fingerprint density at radius 1 is 1.25 bits per heavy atom. The number of carboxylic acids is 1. The number of urea groups is 1. The van der Waals surface area contributed by atoms with Crippen LogP contribution in [0.25, 0.3) is 0 Å². The number of rotatable bonds is 5. The molecule has 2 saturated heterocycles. The zero-order chi connectivity index (χ0) is 14.5. The fourth-order valence-corrected chi connectivity index (χ4v) is 2.88. The lowest BCUT2D eigenvalue weighted by molar-refractivity contribution is -0.141. The van der Waals surface area contributed by atoms with Crippen LogP contribution in [0.5, 0.6) is 0 Å². The highest BCUT2D eigenvalue weighted by atomic mass is 16.4. The van der Waals surface area contributed by atoms with E-state index in [0.29, 0.717) is 6.54 Å². The number of aliphatic hydroxyl groups excluding tert-OH is 1. The molecule has 2 rings (SSSR count). The Morgan fingerprint density at radius 3 is 2.60 bits per heavy atom. The molecule has 7 nitrogen and oxygen atoms in total. The summed E-state index contributed by atoms with van der Waals surface area (Å²) in [7, 11) is 0. The molecule has 2 amide bonds. The highest BCUT2D eigenvalue weighted by molar-refractivity contribution is 5.83. The van der Waals surface area contributed by atoms with Crippen molar-refractivity contribution >= 4 is 12.0 Å². The van der Waals surface area contributed by atoms with Gasteiger partial charge in [-0.25, -0.2) is 9.59 Å². The van der Waals surface area contributed by atoms with Gasteiger partial charge in [0.2, 0.25) is 0 Å². The summed E-state index contributed by atoms with van der Waals surface area (Å²) in [6.45, 7) is 3.86. The highest BCUT2D eigenvalue weighted by Gasteiger charge is 2.38. The van der Waals surface area contributed by atoms with E-state index in [9.17, 15) is 14.7 Å². The Kier molecular flexibility index (Phi) is 5.19. The molecule has 2 fully saturated rings. The molecule has 0 aromatic heterocycles. The minimum atomic E-state index is -1.06. The number of nitrogens with zero attached hydrogens (tertiary/aromatic N) is 2. The summed E-state index contributed by atoms with van der Waals surface area (Å²) in [6, 6.07) is -1.31.